The molecule has 1 unspecified atom stereocenters. The van der Waals surface area contributed by atoms with Crippen LogP contribution in [0, 0.1) is 0 Å². The molecule has 0 fully saturated rings. The molecular weight excluding hydrogens is 282 g/mol. The molecule has 0 aliphatic carbocycles. The van der Waals surface area contributed by atoms with Crippen LogP contribution in [0.5, 0.6) is 0 Å². The number of hydrogen-bond acceptors (Lipinski definition) is 3. The van der Waals surface area contributed by atoms with Crippen LogP contribution < -0.4 is 5.32 Å². The minimum atomic E-state index is -0.0435. The van der Waals surface area contributed by atoms with Gasteiger partial charge < -0.3 is 10.1 Å². The van der Waals surface area contributed by atoms with Gasteiger partial charge in [-0.05, 0) is 35.3 Å². The molecule has 0 saturated heterocycles. The van der Waals surface area contributed by atoms with Crippen LogP contribution in [0.4, 0.5) is 0 Å². The molecule has 112 valence electrons. The zero-order chi connectivity index (χ0) is 15.1. The van der Waals surface area contributed by atoms with Crippen LogP contribution in [0.15, 0.2) is 42.5 Å². The lowest BCUT2D eigenvalue weighted by Gasteiger charge is -2.16. The summed E-state index contributed by atoms with van der Waals surface area (Å²) in [7, 11) is 1.69. The van der Waals surface area contributed by atoms with Crippen molar-refractivity contribution in [1.82, 2.24) is 5.32 Å². The first-order valence-corrected chi connectivity index (χ1v) is 8.43. The fraction of sp³-hybridized carbons (Fsp3) is 0.353. The minimum absolute atomic E-state index is 0.0435. The van der Waals surface area contributed by atoms with Gasteiger partial charge in [0.05, 0.1) is 6.10 Å². The molecule has 0 saturated carbocycles. The smallest absolute Gasteiger partial charge is 0.252 e. The Morgan fingerprint density at radius 3 is 2.76 bits per heavy atom. The second-order valence-electron chi connectivity index (χ2n) is 4.88. The lowest BCUT2D eigenvalue weighted by Crippen LogP contribution is -2.33. The van der Waals surface area contributed by atoms with Crippen molar-refractivity contribution in [1.29, 1.82) is 0 Å². The van der Waals surface area contributed by atoms with Gasteiger partial charge in [-0.1, -0.05) is 36.4 Å². The SMILES string of the molecule is COC(CCSC)CNC(=O)c1cccc2ccccc12. The van der Waals surface area contributed by atoms with Crippen molar-refractivity contribution in [2.24, 2.45) is 0 Å². The zero-order valence-electron chi connectivity index (χ0n) is 12.5. The summed E-state index contributed by atoms with van der Waals surface area (Å²) in [5.41, 5.74) is 0.716. The van der Waals surface area contributed by atoms with E-state index < -0.39 is 0 Å². The molecule has 0 aliphatic rings. The number of ether oxygens (including phenoxy) is 1. The molecule has 2 aromatic carbocycles. The Balaban J connectivity index is 2.05. The van der Waals surface area contributed by atoms with Crippen LogP contribution >= 0.6 is 11.8 Å². The van der Waals surface area contributed by atoms with Crippen molar-refractivity contribution in [3.05, 3.63) is 48.0 Å². The van der Waals surface area contributed by atoms with Gasteiger partial charge in [-0.25, -0.2) is 0 Å². The van der Waals surface area contributed by atoms with E-state index in [0.717, 1.165) is 22.9 Å². The molecule has 0 spiro atoms. The van der Waals surface area contributed by atoms with Crippen LogP contribution in [-0.4, -0.2) is 37.7 Å². The Morgan fingerprint density at radius 2 is 2.00 bits per heavy atom. The highest BCUT2D eigenvalue weighted by Gasteiger charge is 2.12. The van der Waals surface area contributed by atoms with Gasteiger partial charge in [-0.2, -0.15) is 11.8 Å². The summed E-state index contributed by atoms with van der Waals surface area (Å²) in [4.78, 5) is 12.4. The van der Waals surface area contributed by atoms with Gasteiger partial charge in [-0.3, -0.25) is 4.79 Å². The minimum Gasteiger partial charge on any atom is -0.380 e. The van der Waals surface area contributed by atoms with Crippen LogP contribution in [0.3, 0.4) is 0 Å². The van der Waals surface area contributed by atoms with E-state index in [0.29, 0.717) is 12.1 Å². The fourth-order valence-electron chi connectivity index (χ4n) is 2.28. The summed E-state index contributed by atoms with van der Waals surface area (Å²) in [6.07, 6.45) is 3.07. The summed E-state index contributed by atoms with van der Waals surface area (Å²) in [6.45, 7) is 0.541. The summed E-state index contributed by atoms with van der Waals surface area (Å²) < 4.78 is 5.40. The quantitative estimate of drug-likeness (QED) is 0.852. The number of nitrogens with one attached hydrogen (secondary N) is 1. The summed E-state index contributed by atoms with van der Waals surface area (Å²) in [6, 6.07) is 13.7. The molecule has 0 radical (unpaired) electrons. The Morgan fingerprint density at radius 1 is 1.24 bits per heavy atom. The molecule has 0 aliphatic heterocycles. The highest BCUT2D eigenvalue weighted by atomic mass is 32.2. The molecule has 1 N–H and O–H groups in total. The van der Waals surface area contributed by atoms with Gasteiger partial charge in [0.25, 0.3) is 5.91 Å². The third-order valence-electron chi connectivity index (χ3n) is 3.50. The van der Waals surface area contributed by atoms with Crippen molar-refractivity contribution in [3.63, 3.8) is 0 Å². The van der Waals surface area contributed by atoms with Gasteiger partial charge in [0.1, 0.15) is 0 Å². The summed E-state index contributed by atoms with van der Waals surface area (Å²) in [5, 5.41) is 5.04. The number of carbonyl (C=O) groups excluding carboxylic acids is 1. The highest BCUT2D eigenvalue weighted by molar-refractivity contribution is 7.98. The number of benzene rings is 2. The Labute approximate surface area is 130 Å². The van der Waals surface area contributed by atoms with E-state index >= 15 is 0 Å². The molecule has 2 rings (SSSR count). The summed E-state index contributed by atoms with van der Waals surface area (Å²) >= 11 is 1.79. The molecule has 4 heteroatoms. The van der Waals surface area contributed by atoms with Crippen molar-refractivity contribution >= 4 is 28.4 Å². The molecule has 0 heterocycles. The third kappa shape index (κ3) is 4.22. The van der Waals surface area contributed by atoms with E-state index in [2.05, 4.69) is 11.6 Å². The van der Waals surface area contributed by atoms with Crippen molar-refractivity contribution < 1.29 is 9.53 Å². The topological polar surface area (TPSA) is 38.3 Å². The maximum Gasteiger partial charge on any atom is 0.252 e. The standard InChI is InChI=1S/C17H21NO2S/c1-20-14(10-11-21-2)12-18-17(19)16-9-5-7-13-6-3-4-8-15(13)16/h3-9,14H,10-12H2,1-2H3,(H,18,19). The van der Waals surface area contributed by atoms with E-state index in [4.69, 9.17) is 4.74 Å². The summed E-state index contributed by atoms with van der Waals surface area (Å²) in [5.74, 6) is 0.987. The molecular formula is C17H21NO2S. The predicted octanol–water partition coefficient (Wildman–Crippen LogP) is 3.34. The lowest BCUT2D eigenvalue weighted by molar-refractivity contribution is 0.0820. The molecule has 3 nitrogen and oxygen atoms in total. The van der Waals surface area contributed by atoms with Crippen molar-refractivity contribution in [2.75, 3.05) is 25.7 Å². The lowest BCUT2D eigenvalue weighted by atomic mass is 10.0. The van der Waals surface area contributed by atoms with E-state index in [-0.39, 0.29) is 12.0 Å². The van der Waals surface area contributed by atoms with Crippen molar-refractivity contribution in [3.8, 4) is 0 Å². The molecule has 0 bridgehead atoms. The normalized spacial score (nSPS) is 12.3. The van der Waals surface area contributed by atoms with Crippen molar-refractivity contribution in [2.45, 2.75) is 12.5 Å². The number of methoxy groups -OCH3 is 1. The molecule has 0 aromatic heterocycles. The number of carbonyl (C=O) groups is 1. The Kier molecular flexibility index (Phi) is 6.08. The van der Waals surface area contributed by atoms with Gasteiger partial charge in [-0.15, -0.1) is 0 Å². The van der Waals surface area contributed by atoms with E-state index in [1.165, 1.54) is 0 Å². The maximum absolute atomic E-state index is 12.4. The molecule has 1 atom stereocenters. The Bertz CT molecular complexity index is 595. The maximum atomic E-state index is 12.4. The van der Waals surface area contributed by atoms with Crippen LogP contribution in [0.1, 0.15) is 16.8 Å². The van der Waals surface area contributed by atoms with E-state index in [9.17, 15) is 4.79 Å². The van der Waals surface area contributed by atoms with E-state index in [1.807, 2.05) is 42.5 Å². The molecule has 21 heavy (non-hydrogen) atoms. The number of rotatable bonds is 7. The fourth-order valence-corrected chi connectivity index (χ4v) is 2.78. The number of fused-ring (bicyclic) bond motifs is 1. The number of amides is 1. The van der Waals surface area contributed by atoms with Crippen LogP contribution in [0.2, 0.25) is 0 Å². The van der Waals surface area contributed by atoms with Gasteiger partial charge in [0, 0.05) is 19.2 Å². The van der Waals surface area contributed by atoms with E-state index in [1.54, 1.807) is 18.9 Å². The first-order valence-electron chi connectivity index (χ1n) is 7.04. The first-order chi connectivity index (χ1) is 10.3. The molecule has 1 amide bonds. The monoisotopic (exact) mass is 303 g/mol. The average molecular weight is 303 g/mol. The van der Waals surface area contributed by atoms with Gasteiger partial charge >= 0.3 is 0 Å². The second kappa shape index (κ2) is 8.05. The van der Waals surface area contributed by atoms with Crippen LogP contribution in [-0.2, 0) is 4.74 Å². The number of thioether (sulfide) groups is 1. The van der Waals surface area contributed by atoms with Crippen LogP contribution in [0.25, 0.3) is 10.8 Å². The zero-order valence-corrected chi connectivity index (χ0v) is 13.3. The van der Waals surface area contributed by atoms with Gasteiger partial charge in [0.15, 0.2) is 0 Å². The first kappa shape index (κ1) is 15.9. The Hall–Kier alpha value is -1.52. The largest absolute Gasteiger partial charge is 0.380 e. The molecule has 2 aromatic rings. The van der Waals surface area contributed by atoms with Gasteiger partial charge in [0.2, 0.25) is 0 Å². The average Bonchev–Trinajstić information content (AvgIpc) is 2.54. The highest BCUT2D eigenvalue weighted by Crippen LogP contribution is 2.18. The second-order valence-corrected chi connectivity index (χ2v) is 5.86. The third-order valence-corrected chi connectivity index (χ3v) is 4.15. The number of hydrogen-bond donors (Lipinski definition) is 1. The predicted molar refractivity (Wildman–Crippen MR) is 90.1 cm³/mol.